The molecule has 9 heteroatoms. The fourth-order valence-corrected chi connectivity index (χ4v) is 4.07. The summed E-state index contributed by atoms with van der Waals surface area (Å²) in [5.41, 5.74) is 7.65. The highest BCUT2D eigenvalue weighted by atomic mass is 19.3. The van der Waals surface area contributed by atoms with E-state index < -0.39 is 17.6 Å². The zero-order chi connectivity index (χ0) is 25.2. The van der Waals surface area contributed by atoms with Gasteiger partial charge < -0.3 is 16.0 Å². The van der Waals surface area contributed by atoms with Crippen molar-refractivity contribution in [3.8, 4) is 0 Å². The molecule has 2 aromatic carbocycles. The Morgan fingerprint density at radius 1 is 1.11 bits per heavy atom. The van der Waals surface area contributed by atoms with Gasteiger partial charge in [-0.05, 0) is 36.5 Å². The van der Waals surface area contributed by atoms with Gasteiger partial charge >= 0.3 is 0 Å². The number of hydrogen-bond donors (Lipinski definition) is 2. The van der Waals surface area contributed by atoms with Crippen molar-refractivity contribution in [3.63, 3.8) is 0 Å². The Labute approximate surface area is 202 Å². The van der Waals surface area contributed by atoms with Crippen molar-refractivity contribution in [1.29, 1.82) is 0 Å². The third kappa shape index (κ3) is 5.90. The Morgan fingerprint density at radius 3 is 2.31 bits per heavy atom. The number of carbonyl (C=O) groups excluding carboxylic acids is 1. The second-order valence-electron chi connectivity index (χ2n) is 9.00. The number of nitrogens with two attached hydrogens (primary N) is 1. The number of anilines is 2. The molecule has 184 valence electrons. The number of nitrogens with zero attached hydrogens (tertiary/aromatic N) is 3. The van der Waals surface area contributed by atoms with Gasteiger partial charge in [0.25, 0.3) is 5.92 Å². The standard InChI is InChI=1S/C26H28F3N5O/c1-16(19-7-9-20(10-8-19)26(2,28)29)34(21-11-12-21)25-23(27)24(32-15-33-25)31-14-18-5-3-17(4-6-18)13-22(30)35/h3-10,15-16,21H,11-14H2,1-2H3,(H2,30,35)(H,31,32,33). The Balaban J connectivity index is 1.52. The molecule has 1 atom stereocenters. The van der Waals surface area contributed by atoms with E-state index in [4.69, 9.17) is 5.73 Å². The molecule has 1 heterocycles. The second kappa shape index (κ2) is 9.93. The number of hydrogen-bond acceptors (Lipinski definition) is 5. The lowest BCUT2D eigenvalue weighted by atomic mass is 10.0. The quantitative estimate of drug-likeness (QED) is 0.419. The summed E-state index contributed by atoms with van der Waals surface area (Å²) in [5.74, 6) is -3.62. The molecular formula is C26H28F3N5O. The van der Waals surface area contributed by atoms with Crippen LogP contribution in [0.2, 0.25) is 0 Å². The molecule has 1 saturated carbocycles. The highest BCUT2D eigenvalue weighted by Gasteiger charge is 2.36. The molecule has 0 spiro atoms. The van der Waals surface area contributed by atoms with Gasteiger partial charge in [0.1, 0.15) is 6.33 Å². The van der Waals surface area contributed by atoms with Crippen LogP contribution in [-0.2, 0) is 23.7 Å². The lowest BCUT2D eigenvalue weighted by Gasteiger charge is -2.31. The van der Waals surface area contributed by atoms with Gasteiger partial charge in [-0.15, -0.1) is 0 Å². The number of halogens is 3. The Kier molecular flexibility index (Phi) is 6.95. The second-order valence-corrected chi connectivity index (χ2v) is 9.00. The van der Waals surface area contributed by atoms with Crippen molar-refractivity contribution in [2.75, 3.05) is 10.2 Å². The number of primary amides is 1. The lowest BCUT2D eigenvalue weighted by Crippen LogP contribution is -2.31. The SMILES string of the molecule is CC(c1ccc(C(C)(F)F)cc1)N(c1ncnc(NCc2ccc(CC(N)=O)cc2)c1F)C1CC1. The first-order chi connectivity index (χ1) is 16.6. The highest BCUT2D eigenvalue weighted by molar-refractivity contribution is 5.76. The van der Waals surface area contributed by atoms with Gasteiger partial charge in [0.05, 0.1) is 12.5 Å². The molecule has 1 fully saturated rings. The molecule has 0 aliphatic heterocycles. The number of aromatic nitrogens is 2. The van der Waals surface area contributed by atoms with Gasteiger partial charge in [0, 0.05) is 25.1 Å². The zero-order valence-corrected chi connectivity index (χ0v) is 19.6. The molecule has 1 amide bonds. The van der Waals surface area contributed by atoms with Crippen molar-refractivity contribution in [2.24, 2.45) is 5.73 Å². The first-order valence-electron chi connectivity index (χ1n) is 11.5. The third-order valence-electron chi connectivity index (χ3n) is 6.13. The largest absolute Gasteiger partial charge is 0.369 e. The summed E-state index contributed by atoms with van der Waals surface area (Å²) in [6.07, 6.45) is 3.29. The summed E-state index contributed by atoms with van der Waals surface area (Å²) in [5, 5.41) is 3.02. The maximum Gasteiger partial charge on any atom is 0.270 e. The minimum atomic E-state index is -2.92. The van der Waals surface area contributed by atoms with Gasteiger partial charge in [-0.3, -0.25) is 4.79 Å². The van der Waals surface area contributed by atoms with E-state index in [0.717, 1.165) is 36.5 Å². The van der Waals surface area contributed by atoms with E-state index >= 15 is 4.39 Å². The van der Waals surface area contributed by atoms with E-state index in [1.165, 1.54) is 18.5 Å². The van der Waals surface area contributed by atoms with E-state index in [0.29, 0.717) is 6.54 Å². The van der Waals surface area contributed by atoms with E-state index in [1.807, 2.05) is 24.0 Å². The maximum absolute atomic E-state index is 15.5. The van der Waals surface area contributed by atoms with Gasteiger partial charge in [0.15, 0.2) is 11.6 Å². The van der Waals surface area contributed by atoms with Crippen LogP contribution in [0, 0.1) is 5.82 Å². The lowest BCUT2D eigenvalue weighted by molar-refractivity contribution is -0.117. The molecule has 3 N–H and O–H groups in total. The molecule has 3 aromatic rings. The molecule has 6 nitrogen and oxygen atoms in total. The van der Waals surface area contributed by atoms with Crippen molar-refractivity contribution >= 4 is 17.5 Å². The van der Waals surface area contributed by atoms with Crippen LogP contribution < -0.4 is 16.0 Å². The van der Waals surface area contributed by atoms with E-state index in [2.05, 4.69) is 15.3 Å². The molecule has 1 aliphatic carbocycles. The van der Waals surface area contributed by atoms with Crippen LogP contribution in [0.1, 0.15) is 55.0 Å². The van der Waals surface area contributed by atoms with Crippen molar-refractivity contribution in [2.45, 2.75) is 57.7 Å². The summed E-state index contributed by atoms with van der Waals surface area (Å²) in [7, 11) is 0. The Morgan fingerprint density at radius 2 is 1.74 bits per heavy atom. The first-order valence-corrected chi connectivity index (χ1v) is 11.5. The molecule has 0 bridgehead atoms. The number of carbonyl (C=O) groups is 1. The van der Waals surface area contributed by atoms with E-state index in [9.17, 15) is 13.6 Å². The van der Waals surface area contributed by atoms with Crippen molar-refractivity contribution in [1.82, 2.24) is 9.97 Å². The predicted molar refractivity (Wildman–Crippen MR) is 129 cm³/mol. The van der Waals surface area contributed by atoms with Gasteiger partial charge in [-0.1, -0.05) is 48.5 Å². The zero-order valence-electron chi connectivity index (χ0n) is 19.6. The fraction of sp³-hybridized carbons (Fsp3) is 0.346. The number of alkyl halides is 2. The average Bonchev–Trinajstić information content (AvgIpc) is 3.65. The molecule has 1 aromatic heterocycles. The smallest absolute Gasteiger partial charge is 0.270 e. The topological polar surface area (TPSA) is 84.1 Å². The minimum absolute atomic E-state index is 0.0613. The van der Waals surface area contributed by atoms with E-state index in [-0.39, 0.29) is 35.7 Å². The van der Waals surface area contributed by atoms with Gasteiger partial charge in [-0.25, -0.2) is 18.7 Å². The predicted octanol–water partition coefficient (Wildman–Crippen LogP) is 5.10. The number of amides is 1. The van der Waals surface area contributed by atoms with Crippen LogP contribution in [0.4, 0.5) is 24.8 Å². The van der Waals surface area contributed by atoms with Crippen LogP contribution in [0.5, 0.6) is 0 Å². The highest BCUT2D eigenvalue weighted by Crippen LogP contribution is 2.40. The molecule has 0 saturated heterocycles. The van der Waals surface area contributed by atoms with Crippen LogP contribution in [0.25, 0.3) is 0 Å². The fourth-order valence-electron chi connectivity index (χ4n) is 4.07. The summed E-state index contributed by atoms with van der Waals surface area (Å²) in [4.78, 5) is 21.3. The average molecular weight is 484 g/mol. The van der Waals surface area contributed by atoms with Gasteiger partial charge in [-0.2, -0.15) is 4.39 Å². The van der Waals surface area contributed by atoms with Crippen molar-refractivity contribution in [3.05, 3.63) is 82.9 Å². The summed E-state index contributed by atoms with van der Waals surface area (Å²) >= 11 is 0. The summed E-state index contributed by atoms with van der Waals surface area (Å²) < 4.78 is 42.8. The van der Waals surface area contributed by atoms with Crippen LogP contribution >= 0.6 is 0 Å². The minimum Gasteiger partial charge on any atom is -0.369 e. The van der Waals surface area contributed by atoms with Crippen LogP contribution in [0.3, 0.4) is 0 Å². The summed E-state index contributed by atoms with van der Waals surface area (Å²) in [6.45, 7) is 3.11. The first kappa shape index (κ1) is 24.5. The normalized spacial score (nSPS) is 14.4. The Hall–Kier alpha value is -3.62. The number of nitrogens with one attached hydrogen (secondary N) is 1. The van der Waals surface area contributed by atoms with Crippen LogP contribution in [0.15, 0.2) is 54.9 Å². The Bertz CT molecular complexity index is 1180. The monoisotopic (exact) mass is 483 g/mol. The maximum atomic E-state index is 15.5. The molecule has 1 aliphatic rings. The van der Waals surface area contributed by atoms with E-state index in [1.54, 1.807) is 24.3 Å². The van der Waals surface area contributed by atoms with Gasteiger partial charge in [0.2, 0.25) is 11.7 Å². The molecule has 4 rings (SSSR count). The molecule has 35 heavy (non-hydrogen) atoms. The number of rotatable bonds is 10. The molecular weight excluding hydrogens is 455 g/mol. The van der Waals surface area contributed by atoms with Crippen LogP contribution in [-0.4, -0.2) is 21.9 Å². The molecule has 0 radical (unpaired) electrons. The third-order valence-corrected chi connectivity index (χ3v) is 6.13. The van der Waals surface area contributed by atoms with Crippen molar-refractivity contribution < 1.29 is 18.0 Å². The summed E-state index contributed by atoms with van der Waals surface area (Å²) in [6, 6.07) is 13.3. The number of benzene rings is 2. The molecule has 1 unspecified atom stereocenters.